The van der Waals surface area contributed by atoms with Crippen LogP contribution in [0.3, 0.4) is 0 Å². The van der Waals surface area contributed by atoms with E-state index in [0.29, 0.717) is 13.2 Å². The molecule has 0 bridgehead atoms. The van der Waals surface area contributed by atoms with E-state index in [1.54, 1.807) is 0 Å². The van der Waals surface area contributed by atoms with Gasteiger partial charge in [-0.2, -0.15) is 0 Å². The Morgan fingerprint density at radius 3 is 2.54 bits per heavy atom. The van der Waals surface area contributed by atoms with Gasteiger partial charge in [-0.1, -0.05) is 6.92 Å². The predicted molar refractivity (Wildman–Crippen MR) is 48.2 cm³/mol. The molecular formula is C9H17NO3. The van der Waals surface area contributed by atoms with Crippen LogP contribution >= 0.6 is 0 Å². The molecule has 0 aromatic carbocycles. The molecule has 1 saturated heterocycles. The number of esters is 1. The minimum Gasteiger partial charge on any atom is -0.468 e. The maximum atomic E-state index is 11.2. The van der Waals surface area contributed by atoms with Crippen LogP contribution in [0.25, 0.3) is 0 Å². The summed E-state index contributed by atoms with van der Waals surface area (Å²) in [6, 6.07) is -0.526. The monoisotopic (exact) mass is 187 g/mol. The molecule has 76 valence electrons. The van der Waals surface area contributed by atoms with Crippen LogP contribution in [0.4, 0.5) is 0 Å². The van der Waals surface area contributed by atoms with Crippen molar-refractivity contribution in [2.24, 2.45) is 11.1 Å². The number of hydrogen-bond donors (Lipinski definition) is 1. The minimum atomic E-state index is -0.526. The second-order valence-corrected chi connectivity index (χ2v) is 3.77. The fraction of sp³-hybridized carbons (Fsp3) is 0.889. The van der Waals surface area contributed by atoms with E-state index >= 15 is 0 Å². The first-order valence-corrected chi connectivity index (χ1v) is 4.51. The highest BCUT2D eigenvalue weighted by Gasteiger charge is 2.38. The number of carbonyl (C=O) groups is 1. The topological polar surface area (TPSA) is 61.5 Å². The smallest absolute Gasteiger partial charge is 0.323 e. The molecule has 0 aromatic heterocycles. The zero-order valence-electron chi connectivity index (χ0n) is 8.21. The van der Waals surface area contributed by atoms with Gasteiger partial charge in [-0.25, -0.2) is 0 Å². The summed E-state index contributed by atoms with van der Waals surface area (Å²) in [7, 11) is 1.37. The number of rotatable bonds is 2. The highest BCUT2D eigenvalue weighted by atomic mass is 16.5. The van der Waals surface area contributed by atoms with Crippen LogP contribution < -0.4 is 5.73 Å². The van der Waals surface area contributed by atoms with Crippen LogP contribution in [0, 0.1) is 5.41 Å². The number of methoxy groups -OCH3 is 1. The molecule has 13 heavy (non-hydrogen) atoms. The van der Waals surface area contributed by atoms with Crippen molar-refractivity contribution >= 4 is 5.97 Å². The van der Waals surface area contributed by atoms with Crippen molar-refractivity contribution in [3.8, 4) is 0 Å². The summed E-state index contributed by atoms with van der Waals surface area (Å²) >= 11 is 0. The van der Waals surface area contributed by atoms with E-state index < -0.39 is 6.04 Å². The molecule has 0 saturated carbocycles. The molecule has 1 unspecified atom stereocenters. The first-order chi connectivity index (χ1) is 6.10. The highest BCUT2D eigenvalue weighted by molar-refractivity contribution is 5.76. The zero-order chi connectivity index (χ0) is 9.90. The van der Waals surface area contributed by atoms with Crippen LogP contribution in [0.2, 0.25) is 0 Å². The predicted octanol–water partition coefficient (Wildman–Crippen LogP) is 0.303. The third-order valence-corrected chi connectivity index (χ3v) is 2.84. The first kappa shape index (κ1) is 10.5. The molecule has 0 radical (unpaired) electrons. The van der Waals surface area contributed by atoms with E-state index in [1.165, 1.54) is 7.11 Å². The fourth-order valence-corrected chi connectivity index (χ4v) is 1.56. The molecule has 1 aliphatic heterocycles. The Bertz CT molecular complexity index is 187. The quantitative estimate of drug-likeness (QED) is 0.632. The van der Waals surface area contributed by atoms with Gasteiger partial charge in [0.25, 0.3) is 0 Å². The Hall–Kier alpha value is -0.610. The van der Waals surface area contributed by atoms with Crippen molar-refractivity contribution in [1.82, 2.24) is 0 Å². The second-order valence-electron chi connectivity index (χ2n) is 3.77. The number of nitrogens with two attached hydrogens (primary N) is 1. The van der Waals surface area contributed by atoms with E-state index in [2.05, 4.69) is 4.74 Å². The molecule has 0 spiro atoms. The van der Waals surface area contributed by atoms with Gasteiger partial charge < -0.3 is 15.2 Å². The molecule has 0 aliphatic carbocycles. The molecule has 1 fully saturated rings. The number of hydrogen-bond acceptors (Lipinski definition) is 4. The van der Waals surface area contributed by atoms with Crippen molar-refractivity contribution < 1.29 is 14.3 Å². The Kier molecular flexibility index (Phi) is 3.27. The van der Waals surface area contributed by atoms with Gasteiger partial charge in [0, 0.05) is 13.2 Å². The lowest BCUT2D eigenvalue weighted by Crippen LogP contribution is -2.49. The Balaban J connectivity index is 2.61. The van der Waals surface area contributed by atoms with Crippen LogP contribution in [0.1, 0.15) is 19.8 Å². The molecule has 0 amide bonds. The average Bonchev–Trinajstić information content (AvgIpc) is 2.16. The molecule has 4 nitrogen and oxygen atoms in total. The SMILES string of the molecule is COC(=O)C(N)C1(C)CCOCC1. The maximum Gasteiger partial charge on any atom is 0.323 e. The second kappa shape index (κ2) is 4.07. The van der Waals surface area contributed by atoms with Crippen molar-refractivity contribution in [2.45, 2.75) is 25.8 Å². The summed E-state index contributed by atoms with van der Waals surface area (Å²) in [4.78, 5) is 11.2. The van der Waals surface area contributed by atoms with Gasteiger partial charge in [0.05, 0.1) is 7.11 Å². The molecule has 1 rings (SSSR count). The van der Waals surface area contributed by atoms with Gasteiger partial charge in [0.15, 0.2) is 0 Å². The lowest BCUT2D eigenvalue weighted by atomic mass is 9.76. The van der Waals surface area contributed by atoms with Gasteiger partial charge in [-0.3, -0.25) is 4.79 Å². The van der Waals surface area contributed by atoms with E-state index in [-0.39, 0.29) is 11.4 Å². The summed E-state index contributed by atoms with van der Waals surface area (Å²) in [6.07, 6.45) is 1.65. The summed E-state index contributed by atoms with van der Waals surface area (Å²) in [5.41, 5.74) is 5.65. The summed E-state index contributed by atoms with van der Waals surface area (Å²) in [5, 5.41) is 0. The van der Waals surface area contributed by atoms with Crippen LogP contribution in [0.5, 0.6) is 0 Å². The third kappa shape index (κ3) is 2.19. The molecule has 2 N–H and O–H groups in total. The van der Waals surface area contributed by atoms with Crippen LogP contribution in [-0.4, -0.2) is 32.3 Å². The normalized spacial score (nSPS) is 23.6. The molecule has 1 heterocycles. The first-order valence-electron chi connectivity index (χ1n) is 4.51. The van der Waals surface area contributed by atoms with Gasteiger partial charge in [-0.05, 0) is 18.3 Å². The van der Waals surface area contributed by atoms with Crippen molar-refractivity contribution in [3.63, 3.8) is 0 Å². The van der Waals surface area contributed by atoms with Gasteiger partial charge >= 0.3 is 5.97 Å². The zero-order valence-corrected chi connectivity index (χ0v) is 8.21. The Morgan fingerprint density at radius 1 is 1.54 bits per heavy atom. The van der Waals surface area contributed by atoms with E-state index in [4.69, 9.17) is 10.5 Å². The largest absolute Gasteiger partial charge is 0.468 e. The van der Waals surface area contributed by atoms with E-state index in [9.17, 15) is 4.79 Å². The standard InChI is InChI=1S/C9H17NO3/c1-9(3-5-13-6-4-9)7(10)8(11)12-2/h7H,3-6,10H2,1-2H3. The molecule has 1 atom stereocenters. The van der Waals surface area contributed by atoms with E-state index in [1.807, 2.05) is 6.92 Å². The van der Waals surface area contributed by atoms with E-state index in [0.717, 1.165) is 12.8 Å². The summed E-state index contributed by atoms with van der Waals surface area (Å²) < 4.78 is 9.85. The fourth-order valence-electron chi connectivity index (χ4n) is 1.56. The average molecular weight is 187 g/mol. The Morgan fingerprint density at radius 2 is 2.08 bits per heavy atom. The van der Waals surface area contributed by atoms with Gasteiger partial charge in [0.1, 0.15) is 6.04 Å². The van der Waals surface area contributed by atoms with Crippen molar-refractivity contribution in [2.75, 3.05) is 20.3 Å². The van der Waals surface area contributed by atoms with Crippen LogP contribution in [0.15, 0.2) is 0 Å². The molecule has 1 aliphatic rings. The number of carbonyl (C=O) groups excluding carboxylic acids is 1. The third-order valence-electron chi connectivity index (χ3n) is 2.84. The lowest BCUT2D eigenvalue weighted by molar-refractivity contribution is -0.147. The minimum absolute atomic E-state index is 0.161. The lowest BCUT2D eigenvalue weighted by Gasteiger charge is -2.36. The molecular weight excluding hydrogens is 170 g/mol. The Labute approximate surface area is 78.4 Å². The highest BCUT2D eigenvalue weighted by Crippen LogP contribution is 2.32. The van der Waals surface area contributed by atoms with Crippen molar-refractivity contribution in [3.05, 3.63) is 0 Å². The van der Waals surface area contributed by atoms with Crippen LogP contribution in [-0.2, 0) is 14.3 Å². The van der Waals surface area contributed by atoms with Gasteiger partial charge in [-0.15, -0.1) is 0 Å². The molecule has 0 aromatic rings. The summed E-state index contributed by atoms with van der Waals surface area (Å²) in [6.45, 7) is 3.37. The van der Waals surface area contributed by atoms with Gasteiger partial charge in [0.2, 0.25) is 0 Å². The van der Waals surface area contributed by atoms with Crippen molar-refractivity contribution in [1.29, 1.82) is 0 Å². The molecule has 4 heteroatoms. The number of ether oxygens (including phenoxy) is 2. The summed E-state index contributed by atoms with van der Waals surface area (Å²) in [5.74, 6) is -0.329. The maximum absolute atomic E-state index is 11.2.